The van der Waals surface area contributed by atoms with E-state index in [1.54, 1.807) is 13.1 Å². The number of anilines is 1. The van der Waals surface area contributed by atoms with Gasteiger partial charge in [0.1, 0.15) is 9.88 Å². The Morgan fingerprint density at radius 1 is 1.26 bits per heavy atom. The molecule has 27 heavy (non-hydrogen) atoms. The van der Waals surface area contributed by atoms with Crippen molar-refractivity contribution in [3.05, 3.63) is 33.5 Å². The molecule has 10 heteroatoms. The third-order valence-corrected chi connectivity index (χ3v) is 5.51. The highest BCUT2D eigenvalue weighted by molar-refractivity contribution is 7.80. The summed E-state index contributed by atoms with van der Waals surface area (Å²) in [5, 5.41) is 11.1. The number of carbonyl (C=O) groups is 2. The molecule has 0 saturated carbocycles. The van der Waals surface area contributed by atoms with Gasteiger partial charge < -0.3 is 20.1 Å². The van der Waals surface area contributed by atoms with Crippen LogP contribution in [0.4, 0.5) is 5.00 Å². The average molecular weight is 411 g/mol. The quantitative estimate of drug-likeness (QED) is 0.554. The van der Waals surface area contributed by atoms with Crippen LogP contribution in [-0.2, 0) is 22.6 Å². The molecule has 0 aliphatic rings. The molecule has 0 aliphatic heterocycles. The predicted octanol–water partition coefficient (Wildman–Crippen LogP) is 2.64. The number of nitrogens with one attached hydrogen (secondary N) is 2. The van der Waals surface area contributed by atoms with Crippen LogP contribution in [0, 0.1) is 13.8 Å². The maximum Gasteiger partial charge on any atom is 0.348 e. The largest absolute Gasteiger partial charge is 0.465 e. The molecule has 2 aromatic rings. The Morgan fingerprint density at radius 3 is 2.48 bits per heavy atom. The van der Waals surface area contributed by atoms with Crippen molar-refractivity contribution in [1.82, 2.24) is 15.1 Å². The fraction of sp³-hybridized carbons (Fsp3) is 0.412. The zero-order valence-corrected chi connectivity index (χ0v) is 17.5. The van der Waals surface area contributed by atoms with Crippen molar-refractivity contribution in [2.75, 3.05) is 19.5 Å². The van der Waals surface area contributed by atoms with E-state index in [9.17, 15) is 9.59 Å². The van der Waals surface area contributed by atoms with Crippen LogP contribution < -0.4 is 10.6 Å². The summed E-state index contributed by atoms with van der Waals surface area (Å²) >= 11 is 6.42. The molecule has 0 unspecified atom stereocenters. The maximum atomic E-state index is 12.1. The molecule has 8 nitrogen and oxygen atoms in total. The van der Waals surface area contributed by atoms with E-state index in [4.69, 9.17) is 21.7 Å². The molecule has 2 rings (SSSR count). The lowest BCUT2D eigenvalue weighted by molar-refractivity contribution is 0.0601. The third kappa shape index (κ3) is 4.45. The van der Waals surface area contributed by atoms with Crippen LogP contribution in [0.25, 0.3) is 0 Å². The number of esters is 2. The van der Waals surface area contributed by atoms with Gasteiger partial charge in [0, 0.05) is 24.3 Å². The minimum Gasteiger partial charge on any atom is -0.465 e. The lowest BCUT2D eigenvalue weighted by Crippen LogP contribution is -2.28. The van der Waals surface area contributed by atoms with Gasteiger partial charge in [0.15, 0.2) is 5.11 Å². The molecule has 0 bridgehead atoms. The molecule has 0 aromatic carbocycles. The van der Waals surface area contributed by atoms with Crippen molar-refractivity contribution in [1.29, 1.82) is 0 Å². The molecule has 2 aromatic heterocycles. The fourth-order valence-corrected chi connectivity index (χ4v) is 3.89. The molecule has 0 aliphatic carbocycles. The Bertz CT molecular complexity index is 873. The van der Waals surface area contributed by atoms with E-state index in [1.807, 2.05) is 18.5 Å². The van der Waals surface area contributed by atoms with Crippen molar-refractivity contribution in [2.24, 2.45) is 0 Å². The highest BCUT2D eigenvalue weighted by Crippen LogP contribution is 2.34. The van der Waals surface area contributed by atoms with Crippen molar-refractivity contribution in [2.45, 2.75) is 33.9 Å². The van der Waals surface area contributed by atoms with Gasteiger partial charge in [-0.3, -0.25) is 4.68 Å². The van der Waals surface area contributed by atoms with E-state index in [-0.39, 0.29) is 5.56 Å². The van der Waals surface area contributed by atoms with Gasteiger partial charge in [0.2, 0.25) is 0 Å². The van der Waals surface area contributed by atoms with Crippen LogP contribution in [0.15, 0.2) is 6.20 Å². The number of carbonyl (C=O) groups excluding carboxylic acids is 2. The summed E-state index contributed by atoms with van der Waals surface area (Å²) in [6, 6.07) is 0. The molecule has 0 atom stereocenters. The number of thiophene rings is 1. The van der Waals surface area contributed by atoms with Gasteiger partial charge in [-0.25, -0.2) is 9.59 Å². The van der Waals surface area contributed by atoms with E-state index in [2.05, 4.69) is 15.7 Å². The Morgan fingerprint density at radius 2 is 1.93 bits per heavy atom. The third-order valence-electron chi connectivity index (χ3n) is 4.08. The summed E-state index contributed by atoms with van der Waals surface area (Å²) in [6.07, 6.45) is 1.79. The second kappa shape index (κ2) is 8.96. The van der Waals surface area contributed by atoms with Crippen LogP contribution in [0.5, 0.6) is 0 Å². The molecule has 0 saturated heterocycles. The molecule has 0 amide bonds. The highest BCUT2D eigenvalue weighted by atomic mass is 32.1. The number of ether oxygens (including phenoxy) is 2. The van der Waals surface area contributed by atoms with Gasteiger partial charge in [0.05, 0.1) is 26.0 Å². The van der Waals surface area contributed by atoms with Gasteiger partial charge in [-0.2, -0.15) is 5.10 Å². The second-order valence-corrected chi connectivity index (χ2v) is 7.05. The van der Waals surface area contributed by atoms with E-state index in [0.29, 0.717) is 27.1 Å². The Balaban J connectivity index is 2.17. The van der Waals surface area contributed by atoms with Crippen LogP contribution in [0.2, 0.25) is 0 Å². The minimum absolute atomic E-state index is 0.266. The van der Waals surface area contributed by atoms with Crippen molar-refractivity contribution in [3.63, 3.8) is 0 Å². The summed E-state index contributed by atoms with van der Waals surface area (Å²) in [6.45, 7) is 6.96. The number of hydrogen-bond acceptors (Lipinski definition) is 7. The second-order valence-electron chi connectivity index (χ2n) is 5.62. The first kappa shape index (κ1) is 20.8. The van der Waals surface area contributed by atoms with Crippen LogP contribution >= 0.6 is 23.6 Å². The molecule has 0 spiro atoms. The van der Waals surface area contributed by atoms with Gasteiger partial charge in [-0.05, 0) is 38.6 Å². The minimum atomic E-state index is -0.552. The molecule has 2 heterocycles. The number of rotatable bonds is 6. The smallest absolute Gasteiger partial charge is 0.348 e. The van der Waals surface area contributed by atoms with Crippen molar-refractivity contribution >= 4 is 45.6 Å². The number of methoxy groups -OCH3 is 2. The van der Waals surface area contributed by atoms with Crippen molar-refractivity contribution in [3.8, 4) is 0 Å². The Hall–Kier alpha value is -2.46. The summed E-state index contributed by atoms with van der Waals surface area (Å²) < 4.78 is 11.5. The van der Waals surface area contributed by atoms with Gasteiger partial charge in [-0.1, -0.05) is 0 Å². The zero-order chi connectivity index (χ0) is 20.1. The Labute approximate surface area is 166 Å². The number of aromatic nitrogens is 2. The molecular formula is C17H22N4O4S2. The number of hydrogen-bond donors (Lipinski definition) is 2. The van der Waals surface area contributed by atoms with Crippen LogP contribution in [0.3, 0.4) is 0 Å². The van der Waals surface area contributed by atoms with E-state index in [1.165, 1.54) is 14.2 Å². The topological polar surface area (TPSA) is 94.5 Å². The fourth-order valence-electron chi connectivity index (χ4n) is 2.54. The van der Waals surface area contributed by atoms with Gasteiger partial charge >= 0.3 is 11.9 Å². The van der Waals surface area contributed by atoms with Crippen LogP contribution in [-0.4, -0.2) is 41.1 Å². The number of thiocarbonyl (C=S) groups is 1. The highest BCUT2D eigenvalue weighted by Gasteiger charge is 2.26. The molecule has 0 radical (unpaired) electrons. The average Bonchev–Trinajstić information content (AvgIpc) is 3.18. The van der Waals surface area contributed by atoms with Crippen LogP contribution in [0.1, 0.15) is 43.8 Å². The van der Waals surface area contributed by atoms with E-state index >= 15 is 0 Å². The summed E-state index contributed by atoms with van der Waals surface area (Å²) in [4.78, 5) is 24.4. The molecule has 146 valence electrons. The first-order valence-corrected chi connectivity index (χ1v) is 9.42. The summed E-state index contributed by atoms with van der Waals surface area (Å²) in [5.41, 5.74) is 2.83. The number of aryl methyl sites for hydroxylation is 1. The standard InChI is InChI=1S/C17H22N4O4S2/c1-6-21-10(3)11(8-19-21)7-18-17(26)20-14-12(15(22)24-4)9(2)13(27-14)16(23)25-5/h8H,6-7H2,1-5H3,(H2,18,20,26). The molecule has 2 N–H and O–H groups in total. The van der Waals surface area contributed by atoms with Gasteiger partial charge in [0.25, 0.3) is 0 Å². The van der Waals surface area contributed by atoms with Gasteiger partial charge in [-0.15, -0.1) is 11.3 Å². The lowest BCUT2D eigenvalue weighted by Gasteiger charge is -2.10. The molecule has 0 fully saturated rings. The maximum absolute atomic E-state index is 12.1. The Kier molecular flexibility index (Phi) is 6.92. The normalized spacial score (nSPS) is 10.4. The first-order chi connectivity index (χ1) is 12.8. The predicted molar refractivity (Wildman–Crippen MR) is 107 cm³/mol. The van der Waals surface area contributed by atoms with E-state index in [0.717, 1.165) is 29.1 Å². The first-order valence-electron chi connectivity index (χ1n) is 8.20. The monoisotopic (exact) mass is 410 g/mol. The zero-order valence-electron chi connectivity index (χ0n) is 15.8. The summed E-state index contributed by atoms with van der Waals surface area (Å²) in [5.74, 6) is -1.07. The summed E-state index contributed by atoms with van der Waals surface area (Å²) in [7, 11) is 2.57. The number of nitrogens with zero attached hydrogens (tertiary/aromatic N) is 2. The SMILES string of the molecule is CCn1ncc(CNC(=S)Nc2sc(C(=O)OC)c(C)c2C(=O)OC)c1C. The lowest BCUT2D eigenvalue weighted by atomic mass is 10.1. The van der Waals surface area contributed by atoms with E-state index < -0.39 is 11.9 Å². The van der Waals surface area contributed by atoms with Crippen molar-refractivity contribution < 1.29 is 19.1 Å². The molecular weight excluding hydrogens is 388 g/mol.